The molecule has 0 saturated heterocycles. The zero-order valence-corrected chi connectivity index (χ0v) is 9.22. The third kappa shape index (κ3) is 1.71. The van der Waals surface area contributed by atoms with Gasteiger partial charge in [-0.2, -0.15) is 0 Å². The summed E-state index contributed by atoms with van der Waals surface area (Å²) >= 11 is 5.77. The lowest BCUT2D eigenvalue weighted by atomic mass is 9.87. The monoisotopic (exact) mass is 247 g/mol. The molecule has 1 aliphatic carbocycles. The summed E-state index contributed by atoms with van der Waals surface area (Å²) < 4.78 is 26.3. The standard InChI is InChI=1S/C11H12ClF2NO/c12-10-6(2-1-3-8(10)14)11(15,5-13)7-4-9(7)16/h1-3,7,9,16H,4-5,15H2/t7-,9+,11+/m0/s1. The minimum Gasteiger partial charge on any atom is -0.393 e. The molecule has 0 unspecified atom stereocenters. The third-order valence-corrected chi connectivity index (χ3v) is 3.48. The fraction of sp³-hybridized carbons (Fsp3) is 0.455. The van der Waals surface area contributed by atoms with Gasteiger partial charge < -0.3 is 10.8 Å². The quantitative estimate of drug-likeness (QED) is 0.858. The van der Waals surface area contributed by atoms with Crippen molar-refractivity contribution in [2.45, 2.75) is 18.1 Å². The number of benzene rings is 1. The van der Waals surface area contributed by atoms with Crippen molar-refractivity contribution in [2.24, 2.45) is 11.7 Å². The summed E-state index contributed by atoms with van der Waals surface area (Å²) in [5.41, 5.74) is 4.73. The normalized spacial score (nSPS) is 27.6. The summed E-state index contributed by atoms with van der Waals surface area (Å²) in [6.07, 6.45) is -0.201. The van der Waals surface area contributed by atoms with Crippen molar-refractivity contribution in [1.82, 2.24) is 0 Å². The number of aliphatic hydroxyl groups excluding tert-OH is 1. The van der Waals surface area contributed by atoms with E-state index in [1.54, 1.807) is 0 Å². The molecule has 0 bridgehead atoms. The average molecular weight is 248 g/mol. The highest BCUT2D eigenvalue weighted by molar-refractivity contribution is 6.31. The van der Waals surface area contributed by atoms with Gasteiger partial charge in [-0.25, -0.2) is 8.78 Å². The number of nitrogens with two attached hydrogens (primary N) is 1. The highest BCUT2D eigenvalue weighted by Gasteiger charge is 2.52. The van der Waals surface area contributed by atoms with E-state index in [0.717, 1.165) is 0 Å². The average Bonchev–Trinajstić information content (AvgIpc) is 2.99. The lowest BCUT2D eigenvalue weighted by Crippen LogP contribution is -2.43. The summed E-state index contributed by atoms with van der Waals surface area (Å²) in [4.78, 5) is 0. The number of hydrogen-bond acceptors (Lipinski definition) is 2. The second kappa shape index (κ2) is 3.95. The van der Waals surface area contributed by atoms with E-state index in [2.05, 4.69) is 0 Å². The highest BCUT2D eigenvalue weighted by atomic mass is 35.5. The van der Waals surface area contributed by atoms with Crippen LogP contribution in [-0.2, 0) is 5.54 Å². The van der Waals surface area contributed by atoms with E-state index in [4.69, 9.17) is 17.3 Å². The Morgan fingerprint density at radius 3 is 2.69 bits per heavy atom. The molecule has 0 aliphatic heterocycles. The SMILES string of the molecule is N[C@](CF)(c1cccc(F)c1Cl)[C@H]1C[C@H]1O. The summed E-state index contributed by atoms with van der Waals surface area (Å²) in [6, 6.07) is 4.12. The maximum Gasteiger partial charge on any atom is 0.142 e. The molecule has 1 aromatic rings. The predicted molar refractivity (Wildman–Crippen MR) is 57.4 cm³/mol. The molecule has 2 rings (SSSR count). The molecule has 1 fully saturated rings. The van der Waals surface area contributed by atoms with Gasteiger partial charge in [0.2, 0.25) is 0 Å². The van der Waals surface area contributed by atoms with E-state index in [1.807, 2.05) is 0 Å². The van der Waals surface area contributed by atoms with E-state index in [1.165, 1.54) is 18.2 Å². The molecule has 0 radical (unpaired) electrons. The first kappa shape index (κ1) is 11.8. The first-order valence-corrected chi connectivity index (χ1v) is 5.36. The van der Waals surface area contributed by atoms with E-state index >= 15 is 0 Å². The minimum atomic E-state index is -1.39. The molecular weight excluding hydrogens is 236 g/mol. The fourth-order valence-corrected chi connectivity index (χ4v) is 2.27. The number of alkyl halides is 1. The topological polar surface area (TPSA) is 46.2 Å². The maximum absolute atomic E-state index is 13.3. The summed E-state index contributed by atoms with van der Waals surface area (Å²) in [5.74, 6) is -1.02. The van der Waals surface area contributed by atoms with E-state index < -0.39 is 30.1 Å². The van der Waals surface area contributed by atoms with Crippen LogP contribution in [0.25, 0.3) is 0 Å². The van der Waals surface area contributed by atoms with Crippen LogP contribution in [-0.4, -0.2) is 17.9 Å². The molecular formula is C11H12ClF2NO. The molecule has 3 atom stereocenters. The molecule has 1 saturated carbocycles. The smallest absolute Gasteiger partial charge is 0.142 e. The number of hydrogen-bond donors (Lipinski definition) is 2. The Morgan fingerprint density at radius 1 is 1.56 bits per heavy atom. The first-order valence-electron chi connectivity index (χ1n) is 4.98. The van der Waals surface area contributed by atoms with E-state index in [-0.39, 0.29) is 10.6 Å². The van der Waals surface area contributed by atoms with Crippen molar-refractivity contribution < 1.29 is 13.9 Å². The highest BCUT2D eigenvalue weighted by Crippen LogP contribution is 2.46. The van der Waals surface area contributed by atoms with Gasteiger partial charge in [0.25, 0.3) is 0 Å². The van der Waals surface area contributed by atoms with Gasteiger partial charge in [0.1, 0.15) is 12.5 Å². The van der Waals surface area contributed by atoms with Crippen molar-refractivity contribution in [2.75, 3.05) is 6.67 Å². The van der Waals surface area contributed by atoms with Crippen molar-refractivity contribution in [3.8, 4) is 0 Å². The van der Waals surface area contributed by atoms with Crippen molar-refractivity contribution in [3.05, 3.63) is 34.6 Å². The lowest BCUT2D eigenvalue weighted by Gasteiger charge is -2.28. The van der Waals surface area contributed by atoms with Gasteiger partial charge in [-0.1, -0.05) is 23.7 Å². The van der Waals surface area contributed by atoms with Crippen molar-refractivity contribution in [1.29, 1.82) is 0 Å². The summed E-state index contributed by atoms with van der Waals surface area (Å²) in [5, 5.41) is 9.17. The Hall–Kier alpha value is -0.710. The van der Waals surface area contributed by atoms with E-state index in [9.17, 15) is 13.9 Å². The third-order valence-electron chi connectivity index (χ3n) is 3.09. The zero-order valence-electron chi connectivity index (χ0n) is 8.46. The second-order valence-corrected chi connectivity index (χ2v) is 4.56. The van der Waals surface area contributed by atoms with Gasteiger partial charge >= 0.3 is 0 Å². The number of rotatable bonds is 3. The van der Waals surface area contributed by atoms with E-state index in [0.29, 0.717) is 6.42 Å². The molecule has 0 heterocycles. The van der Waals surface area contributed by atoms with Gasteiger partial charge in [0, 0.05) is 5.92 Å². The Kier molecular flexibility index (Phi) is 2.90. The summed E-state index contributed by atoms with van der Waals surface area (Å²) in [7, 11) is 0. The molecule has 5 heteroatoms. The maximum atomic E-state index is 13.3. The van der Waals surface area contributed by atoms with Crippen LogP contribution in [0.2, 0.25) is 5.02 Å². The number of halogens is 3. The van der Waals surface area contributed by atoms with Crippen molar-refractivity contribution in [3.63, 3.8) is 0 Å². The van der Waals surface area contributed by atoms with Crippen LogP contribution in [0.5, 0.6) is 0 Å². The summed E-state index contributed by atoms with van der Waals surface area (Å²) in [6.45, 7) is -0.877. The number of aliphatic hydroxyl groups is 1. The van der Waals surface area contributed by atoms with Crippen LogP contribution < -0.4 is 5.73 Å². The molecule has 0 aromatic heterocycles. The zero-order chi connectivity index (χ0) is 11.9. The van der Waals surface area contributed by atoms with Gasteiger partial charge in [-0.15, -0.1) is 0 Å². The lowest BCUT2D eigenvalue weighted by molar-refractivity contribution is 0.198. The van der Waals surface area contributed by atoms with Gasteiger partial charge in [-0.3, -0.25) is 0 Å². The Bertz CT molecular complexity index is 415. The van der Waals surface area contributed by atoms with Crippen LogP contribution in [0.4, 0.5) is 8.78 Å². The van der Waals surface area contributed by atoms with Gasteiger partial charge in [0.15, 0.2) is 0 Å². The Morgan fingerprint density at radius 2 is 2.19 bits per heavy atom. The predicted octanol–water partition coefficient (Wildman–Crippen LogP) is 1.98. The Labute approximate surface area is 97.0 Å². The van der Waals surface area contributed by atoms with Crippen LogP contribution in [0.15, 0.2) is 18.2 Å². The molecule has 88 valence electrons. The van der Waals surface area contributed by atoms with Crippen LogP contribution in [0, 0.1) is 11.7 Å². The largest absolute Gasteiger partial charge is 0.393 e. The van der Waals surface area contributed by atoms with Crippen LogP contribution >= 0.6 is 11.6 Å². The Balaban J connectivity index is 2.44. The van der Waals surface area contributed by atoms with Crippen LogP contribution in [0.3, 0.4) is 0 Å². The molecule has 0 spiro atoms. The molecule has 0 amide bonds. The molecule has 3 N–H and O–H groups in total. The fourth-order valence-electron chi connectivity index (χ4n) is 1.97. The van der Waals surface area contributed by atoms with Crippen molar-refractivity contribution >= 4 is 11.6 Å². The second-order valence-electron chi connectivity index (χ2n) is 4.18. The minimum absolute atomic E-state index is 0.165. The van der Waals surface area contributed by atoms with Gasteiger partial charge in [-0.05, 0) is 18.1 Å². The van der Waals surface area contributed by atoms with Crippen LogP contribution in [0.1, 0.15) is 12.0 Å². The molecule has 16 heavy (non-hydrogen) atoms. The molecule has 2 nitrogen and oxygen atoms in total. The molecule has 1 aliphatic rings. The van der Waals surface area contributed by atoms with Gasteiger partial charge in [0.05, 0.1) is 16.7 Å². The molecule has 1 aromatic carbocycles. The first-order chi connectivity index (χ1) is 7.50.